The summed E-state index contributed by atoms with van der Waals surface area (Å²) in [6.45, 7) is 0. The maximum Gasteiger partial charge on any atom is 0.335 e. The van der Waals surface area contributed by atoms with Crippen molar-refractivity contribution in [3.8, 4) is 23.0 Å². The molecule has 1 radical (unpaired) electrons. The SMILES string of the molecule is COc1cccc(C(=O)O)c1[O-].COc1cccc(C(=O)O)c1[O-].[Cu]. The van der Waals surface area contributed by atoms with E-state index >= 15 is 0 Å². The van der Waals surface area contributed by atoms with Gasteiger partial charge >= 0.3 is 11.9 Å². The van der Waals surface area contributed by atoms with Gasteiger partial charge in [0.25, 0.3) is 0 Å². The number of ether oxygens (including phenoxy) is 2. The Labute approximate surface area is 153 Å². The predicted octanol–water partition coefficient (Wildman–Crippen LogP) is 0.931. The summed E-state index contributed by atoms with van der Waals surface area (Å²) in [5.74, 6) is -3.55. The Bertz CT molecular complexity index is 681. The second-order valence-corrected chi connectivity index (χ2v) is 4.28. The van der Waals surface area contributed by atoms with E-state index in [9.17, 15) is 19.8 Å². The van der Waals surface area contributed by atoms with Crippen molar-refractivity contribution in [3.63, 3.8) is 0 Å². The van der Waals surface area contributed by atoms with Crippen molar-refractivity contribution in [1.82, 2.24) is 0 Å². The number of methoxy groups -OCH3 is 2. The first-order valence-electron chi connectivity index (χ1n) is 6.48. The standard InChI is InChI=1S/2C8H8O4.Cu/c2*1-12-6-4-2-3-5(7(6)9)8(10)11;/h2*2-4,9H,1H3,(H,10,11);/p-2. The van der Waals surface area contributed by atoms with Gasteiger partial charge in [-0.15, -0.1) is 0 Å². The molecule has 2 rings (SSSR count). The first kappa shape index (κ1) is 22.1. The molecule has 0 aliphatic carbocycles. The average Bonchev–Trinajstić information content (AvgIpc) is 2.55. The molecule has 0 aromatic heterocycles. The molecule has 0 saturated heterocycles. The van der Waals surface area contributed by atoms with Gasteiger partial charge in [0.05, 0.1) is 25.3 Å². The first-order chi connectivity index (χ1) is 11.3. The van der Waals surface area contributed by atoms with Crippen LogP contribution in [0.25, 0.3) is 0 Å². The molecule has 25 heavy (non-hydrogen) atoms. The van der Waals surface area contributed by atoms with Crippen LogP contribution in [-0.4, -0.2) is 36.4 Å². The topological polar surface area (TPSA) is 139 Å². The van der Waals surface area contributed by atoms with E-state index in [2.05, 4.69) is 9.47 Å². The number of para-hydroxylation sites is 2. The fourth-order valence-electron chi connectivity index (χ4n) is 1.69. The number of carboxylic acid groups (broad SMARTS) is 2. The van der Waals surface area contributed by atoms with E-state index in [0.29, 0.717) is 0 Å². The maximum atomic E-state index is 11.1. The minimum absolute atomic E-state index is 0. The van der Waals surface area contributed by atoms with Crippen molar-refractivity contribution in [3.05, 3.63) is 47.5 Å². The second-order valence-electron chi connectivity index (χ2n) is 4.28. The molecule has 0 saturated carbocycles. The molecule has 2 aromatic carbocycles. The zero-order valence-corrected chi connectivity index (χ0v) is 14.1. The Kier molecular flexibility index (Phi) is 8.90. The fraction of sp³-hybridized carbons (Fsp3) is 0.125. The molecule has 0 spiro atoms. The third kappa shape index (κ3) is 5.59. The van der Waals surface area contributed by atoms with Crippen LogP contribution in [0.2, 0.25) is 0 Å². The molecule has 0 aliphatic heterocycles. The van der Waals surface area contributed by atoms with E-state index in [0.717, 1.165) is 0 Å². The van der Waals surface area contributed by atoms with E-state index in [-0.39, 0.29) is 39.7 Å². The summed E-state index contributed by atoms with van der Waals surface area (Å²) >= 11 is 0. The number of hydrogen-bond acceptors (Lipinski definition) is 6. The number of benzene rings is 2. The molecule has 0 amide bonds. The van der Waals surface area contributed by atoms with Gasteiger partial charge in [-0.3, -0.25) is 0 Å². The van der Waals surface area contributed by atoms with E-state index in [1.165, 1.54) is 50.6 Å². The normalized spacial score (nSPS) is 9.04. The number of carbonyl (C=O) groups is 2. The van der Waals surface area contributed by atoms with Gasteiger partial charge in [0.2, 0.25) is 0 Å². The van der Waals surface area contributed by atoms with Crippen LogP contribution in [-0.2, 0) is 17.1 Å². The summed E-state index contributed by atoms with van der Waals surface area (Å²) in [4.78, 5) is 20.9. The van der Waals surface area contributed by atoms with Gasteiger partial charge in [-0.2, -0.15) is 0 Å². The summed E-state index contributed by atoms with van der Waals surface area (Å²) in [5, 5.41) is 39.3. The third-order valence-corrected chi connectivity index (χ3v) is 2.86. The summed E-state index contributed by atoms with van der Waals surface area (Å²) in [6.07, 6.45) is 0. The van der Waals surface area contributed by atoms with E-state index in [4.69, 9.17) is 10.2 Å². The molecule has 8 nitrogen and oxygen atoms in total. The van der Waals surface area contributed by atoms with Crippen molar-refractivity contribution in [1.29, 1.82) is 0 Å². The maximum absolute atomic E-state index is 11.1. The van der Waals surface area contributed by atoms with Gasteiger partial charge in [-0.05, 0) is 24.3 Å². The van der Waals surface area contributed by atoms with Crippen molar-refractivity contribution in [2.75, 3.05) is 14.2 Å². The van der Waals surface area contributed by atoms with Crippen molar-refractivity contribution >= 4 is 11.9 Å². The van der Waals surface area contributed by atoms with Crippen LogP contribution in [0.3, 0.4) is 0 Å². The Hall–Kier alpha value is -2.90. The molecule has 9 heteroatoms. The number of carboxylic acids is 2. The number of rotatable bonds is 4. The number of hydrogen-bond donors (Lipinski definition) is 2. The fourth-order valence-corrected chi connectivity index (χ4v) is 1.69. The van der Waals surface area contributed by atoms with Crippen LogP contribution in [0, 0.1) is 0 Å². The van der Waals surface area contributed by atoms with Crippen molar-refractivity contribution < 1.29 is 56.6 Å². The molecule has 2 aromatic rings. The molecular formula is C16H14CuO8-2. The van der Waals surface area contributed by atoms with Crippen LogP contribution in [0.15, 0.2) is 36.4 Å². The zero-order chi connectivity index (χ0) is 18.3. The second kappa shape index (κ2) is 10.1. The average molecular weight is 398 g/mol. The minimum atomic E-state index is -1.24. The molecule has 0 unspecified atom stereocenters. The van der Waals surface area contributed by atoms with E-state index in [1.54, 1.807) is 0 Å². The van der Waals surface area contributed by atoms with E-state index in [1.807, 2.05) is 0 Å². The monoisotopic (exact) mass is 397 g/mol. The zero-order valence-electron chi connectivity index (χ0n) is 13.1. The summed E-state index contributed by atoms with van der Waals surface area (Å²) in [5.41, 5.74) is -0.538. The van der Waals surface area contributed by atoms with Crippen LogP contribution < -0.4 is 19.7 Å². The first-order valence-corrected chi connectivity index (χ1v) is 6.48. The molecule has 0 heterocycles. The molecule has 0 bridgehead atoms. The minimum Gasteiger partial charge on any atom is -0.869 e. The predicted molar refractivity (Wildman–Crippen MR) is 78.8 cm³/mol. The van der Waals surface area contributed by atoms with Gasteiger partial charge in [-0.1, -0.05) is 23.6 Å². The third-order valence-electron chi connectivity index (χ3n) is 2.86. The van der Waals surface area contributed by atoms with Crippen molar-refractivity contribution in [2.45, 2.75) is 0 Å². The van der Waals surface area contributed by atoms with Gasteiger partial charge < -0.3 is 29.9 Å². The van der Waals surface area contributed by atoms with E-state index < -0.39 is 23.4 Å². The molecular weight excluding hydrogens is 384 g/mol. The summed E-state index contributed by atoms with van der Waals surface area (Å²) < 4.78 is 9.32. The van der Waals surface area contributed by atoms with Crippen LogP contribution >= 0.6 is 0 Å². The Balaban J connectivity index is 0.000000443. The van der Waals surface area contributed by atoms with Gasteiger partial charge in [-0.25, -0.2) is 9.59 Å². The number of aromatic carboxylic acids is 2. The Morgan fingerprint density at radius 1 is 0.800 bits per heavy atom. The summed E-state index contributed by atoms with van der Waals surface area (Å²) in [6, 6.07) is 8.26. The van der Waals surface area contributed by atoms with Crippen LogP contribution in [0.5, 0.6) is 23.0 Å². The molecule has 2 N–H and O–H groups in total. The summed E-state index contributed by atoms with van der Waals surface area (Å²) in [7, 11) is 2.64. The van der Waals surface area contributed by atoms with Crippen LogP contribution in [0.4, 0.5) is 0 Å². The molecule has 139 valence electrons. The van der Waals surface area contributed by atoms with Gasteiger partial charge in [0.1, 0.15) is 11.5 Å². The van der Waals surface area contributed by atoms with Gasteiger partial charge in [0.15, 0.2) is 0 Å². The largest absolute Gasteiger partial charge is 0.869 e. The quantitative estimate of drug-likeness (QED) is 0.726. The smallest absolute Gasteiger partial charge is 0.335 e. The molecule has 0 atom stereocenters. The van der Waals surface area contributed by atoms with Gasteiger partial charge in [0, 0.05) is 17.1 Å². The van der Waals surface area contributed by atoms with Crippen molar-refractivity contribution in [2.24, 2.45) is 0 Å². The molecule has 0 fully saturated rings. The van der Waals surface area contributed by atoms with Crippen LogP contribution in [0.1, 0.15) is 20.7 Å². The Morgan fingerprint density at radius 2 is 1.12 bits per heavy atom. The molecule has 0 aliphatic rings. The Morgan fingerprint density at radius 3 is 1.36 bits per heavy atom.